The van der Waals surface area contributed by atoms with E-state index in [4.69, 9.17) is 10.6 Å². The highest BCUT2D eigenvalue weighted by atomic mass is 16.7. The number of oxime groups is 1. The largest absolute Gasteiger partial charge is 0.463 e. The molecular formula is C11H14N2O3. The molecule has 5 heteroatoms. The van der Waals surface area contributed by atoms with E-state index in [2.05, 4.69) is 9.89 Å². The van der Waals surface area contributed by atoms with E-state index in [0.717, 1.165) is 5.56 Å². The first-order valence-corrected chi connectivity index (χ1v) is 4.90. The Balaban J connectivity index is 2.43. The fourth-order valence-corrected chi connectivity index (χ4v) is 1.02. The predicted octanol–water partition coefficient (Wildman–Crippen LogP) is 0.887. The third kappa shape index (κ3) is 4.00. The van der Waals surface area contributed by atoms with Crippen LogP contribution in [0.3, 0.4) is 0 Å². The van der Waals surface area contributed by atoms with Crippen molar-refractivity contribution in [2.75, 3.05) is 13.2 Å². The van der Waals surface area contributed by atoms with Gasteiger partial charge in [-0.1, -0.05) is 35.5 Å². The summed E-state index contributed by atoms with van der Waals surface area (Å²) in [6, 6.07) is 9.14. The predicted molar refractivity (Wildman–Crippen MR) is 59.8 cm³/mol. The molecule has 0 heterocycles. The molecule has 0 saturated carbocycles. The molecule has 5 nitrogen and oxygen atoms in total. The van der Waals surface area contributed by atoms with Gasteiger partial charge < -0.3 is 15.3 Å². The van der Waals surface area contributed by atoms with Crippen LogP contribution in [0.5, 0.6) is 0 Å². The molecule has 1 aromatic rings. The minimum atomic E-state index is -0.466. The second kappa shape index (κ2) is 6.44. The number of nitrogens with zero attached hydrogens (tertiary/aromatic N) is 1. The van der Waals surface area contributed by atoms with Gasteiger partial charge in [-0.25, -0.2) is 4.79 Å². The van der Waals surface area contributed by atoms with Crippen molar-refractivity contribution in [3.05, 3.63) is 35.9 Å². The van der Waals surface area contributed by atoms with E-state index in [1.807, 2.05) is 18.2 Å². The summed E-state index contributed by atoms with van der Waals surface area (Å²) < 4.78 is 4.66. The number of amidine groups is 1. The van der Waals surface area contributed by atoms with Crippen LogP contribution in [-0.4, -0.2) is 25.0 Å². The van der Waals surface area contributed by atoms with E-state index >= 15 is 0 Å². The van der Waals surface area contributed by atoms with Gasteiger partial charge in [0, 0.05) is 5.56 Å². The molecule has 0 atom stereocenters. The van der Waals surface area contributed by atoms with Crippen LogP contribution in [0.25, 0.3) is 0 Å². The number of carbonyl (C=O) groups is 1. The summed E-state index contributed by atoms with van der Waals surface area (Å²) in [5.41, 5.74) is 6.37. The maximum Gasteiger partial charge on any atom is 0.347 e. The summed E-state index contributed by atoms with van der Waals surface area (Å²) in [5, 5.41) is 3.61. The maximum absolute atomic E-state index is 10.9. The van der Waals surface area contributed by atoms with Crippen molar-refractivity contribution in [2.24, 2.45) is 10.9 Å². The standard InChI is InChI=1S/C11H14N2O3/c1-2-15-10(14)8-16-13-11(12)9-6-4-3-5-7-9/h3-7H,2,8H2,1H3,(H2,12,13). The third-order valence-electron chi connectivity index (χ3n) is 1.72. The first kappa shape index (κ1) is 12.0. The molecule has 0 fully saturated rings. The highest BCUT2D eigenvalue weighted by Gasteiger charge is 2.02. The summed E-state index contributed by atoms with van der Waals surface area (Å²) in [4.78, 5) is 15.7. The monoisotopic (exact) mass is 222 g/mol. The van der Waals surface area contributed by atoms with E-state index in [0.29, 0.717) is 6.61 Å². The molecule has 0 aliphatic rings. The van der Waals surface area contributed by atoms with E-state index in [-0.39, 0.29) is 12.4 Å². The molecule has 0 bridgehead atoms. The van der Waals surface area contributed by atoms with Crippen LogP contribution in [0.4, 0.5) is 0 Å². The smallest absolute Gasteiger partial charge is 0.347 e. The number of hydrogen-bond donors (Lipinski definition) is 1. The summed E-state index contributed by atoms with van der Waals surface area (Å²) in [6.07, 6.45) is 0. The third-order valence-corrected chi connectivity index (χ3v) is 1.72. The highest BCUT2D eigenvalue weighted by molar-refractivity contribution is 5.97. The van der Waals surface area contributed by atoms with Crippen LogP contribution in [0.2, 0.25) is 0 Å². The zero-order valence-electron chi connectivity index (χ0n) is 9.05. The first-order chi connectivity index (χ1) is 7.74. The van der Waals surface area contributed by atoms with Crippen molar-refractivity contribution >= 4 is 11.8 Å². The molecule has 0 radical (unpaired) electrons. The second-order valence-electron chi connectivity index (χ2n) is 2.92. The normalized spacial score (nSPS) is 10.9. The number of rotatable bonds is 5. The molecule has 0 aliphatic carbocycles. The molecule has 0 saturated heterocycles. The van der Waals surface area contributed by atoms with Crippen LogP contribution in [0.15, 0.2) is 35.5 Å². The van der Waals surface area contributed by atoms with Crippen molar-refractivity contribution in [2.45, 2.75) is 6.92 Å². The number of carbonyl (C=O) groups excluding carboxylic acids is 1. The number of esters is 1. The van der Waals surface area contributed by atoms with E-state index in [1.54, 1.807) is 19.1 Å². The number of benzene rings is 1. The van der Waals surface area contributed by atoms with Crippen LogP contribution in [0.1, 0.15) is 12.5 Å². The summed E-state index contributed by atoms with van der Waals surface area (Å²) >= 11 is 0. The van der Waals surface area contributed by atoms with Gasteiger partial charge in [0.05, 0.1) is 6.61 Å². The van der Waals surface area contributed by atoms with E-state index < -0.39 is 5.97 Å². The van der Waals surface area contributed by atoms with Crippen molar-refractivity contribution in [1.82, 2.24) is 0 Å². The maximum atomic E-state index is 10.9. The lowest BCUT2D eigenvalue weighted by Crippen LogP contribution is -2.16. The molecule has 0 aliphatic heterocycles. The Bertz CT molecular complexity index is 363. The zero-order chi connectivity index (χ0) is 11.8. The lowest BCUT2D eigenvalue weighted by atomic mass is 10.2. The van der Waals surface area contributed by atoms with Gasteiger partial charge in [0.25, 0.3) is 0 Å². The van der Waals surface area contributed by atoms with Crippen molar-refractivity contribution in [3.8, 4) is 0 Å². The van der Waals surface area contributed by atoms with Crippen LogP contribution in [0, 0.1) is 0 Å². The second-order valence-corrected chi connectivity index (χ2v) is 2.92. The fourth-order valence-electron chi connectivity index (χ4n) is 1.02. The van der Waals surface area contributed by atoms with Crippen molar-refractivity contribution in [1.29, 1.82) is 0 Å². The van der Waals surface area contributed by atoms with Gasteiger partial charge in [-0.15, -0.1) is 0 Å². The molecule has 1 aromatic carbocycles. The average Bonchev–Trinajstić information content (AvgIpc) is 2.30. The van der Waals surface area contributed by atoms with Crippen LogP contribution >= 0.6 is 0 Å². The van der Waals surface area contributed by atoms with E-state index in [9.17, 15) is 4.79 Å². The molecule has 0 amide bonds. The Labute approximate surface area is 93.8 Å². The van der Waals surface area contributed by atoms with Gasteiger partial charge in [0.2, 0.25) is 6.61 Å². The van der Waals surface area contributed by atoms with Gasteiger partial charge in [-0.3, -0.25) is 0 Å². The Morgan fingerprint density at radius 1 is 1.38 bits per heavy atom. The Morgan fingerprint density at radius 3 is 2.69 bits per heavy atom. The lowest BCUT2D eigenvalue weighted by molar-refractivity contribution is -0.148. The minimum absolute atomic E-state index is 0.227. The molecule has 0 aromatic heterocycles. The molecule has 0 unspecified atom stereocenters. The van der Waals surface area contributed by atoms with Gasteiger partial charge in [-0.05, 0) is 6.92 Å². The number of ether oxygens (including phenoxy) is 1. The first-order valence-electron chi connectivity index (χ1n) is 4.90. The topological polar surface area (TPSA) is 73.9 Å². The van der Waals surface area contributed by atoms with Gasteiger partial charge in [0.15, 0.2) is 5.84 Å². The SMILES string of the molecule is CCOC(=O)CO/N=C(\N)c1ccccc1. The molecule has 86 valence electrons. The van der Waals surface area contributed by atoms with Crippen molar-refractivity contribution in [3.63, 3.8) is 0 Å². The molecule has 0 spiro atoms. The summed E-state index contributed by atoms with van der Waals surface area (Å²) in [7, 11) is 0. The molecule has 16 heavy (non-hydrogen) atoms. The van der Waals surface area contributed by atoms with Crippen LogP contribution < -0.4 is 5.73 Å². The molecule has 1 rings (SSSR count). The zero-order valence-corrected chi connectivity index (χ0v) is 9.05. The van der Waals surface area contributed by atoms with E-state index in [1.165, 1.54) is 0 Å². The quantitative estimate of drug-likeness (QED) is 0.347. The lowest BCUT2D eigenvalue weighted by Gasteiger charge is -2.02. The van der Waals surface area contributed by atoms with Crippen LogP contribution in [-0.2, 0) is 14.4 Å². The Kier molecular flexibility index (Phi) is 4.85. The molecular weight excluding hydrogens is 208 g/mol. The van der Waals surface area contributed by atoms with Gasteiger partial charge in [0.1, 0.15) is 0 Å². The Hall–Kier alpha value is -2.04. The Morgan fingerprint density at radius 2 is 2.06 bits per heavy atom. The molecule has 2 N–H and O–H groups in total. The number of hydrogen-bond acceptors (Lipinski definition) is 4. The average molecular weight is 222 g/mol. The fraction of sp³-hybridized carbons (Fsp3) is 0.273. The minimum Gasteiger partial charge on any atom is -0.463 e. The number of nitrogens with two attached hydrogens (primary N) is 1. The summed E-state index contributed by atoms with van der Waals surface area (Å²) in [5.74, 6) is -0.239. The van der Waals surface area contributed by atoms with Gasteiger partial charge in [-0.2, -0.15) is 0 Å². The van der Waals surface area contributed by atoms with Crippen molar-refractivity contribution < 1.29 is 14.4 Å². The highest BCUT2D eigenvalue weighted by Crippen LogP contribution is 1.97. The summed E-state index contributed by atoms with van der Waals surface area (Å²) in [6.45, 7) is 1.81. The van der Waals surface area contributed by atoms with Gasteiger partial charge >= 0.3 is 5.97 Å².